The number of ether oxygens (including phenoxy) is 2. The van der Waals surface area contributed by atoms with Crippen LogP contribution in [-0.2, 0) is 10.0 Å². The average Bonchev–Trinajstić information content (AvgIpc) is 2.25. The summed E-state index contributed by atoms with van der Waals surface area (Å²) in [7, 11) is -0.963. The molecular weight excluding hydrogens is 264 g/mol. The predicted octanol–water partition coefficient (Wildman–Crippen LogP) is 0.983. The largest absolute Gasteiger partial charge is 0.493 e. The fourth-order valence-electron chi connectivity index (χ4n) is 1.30. The first-order valence-corrected chi connectivity index (χ1v) is 6.56. The van der Waals surface area contributed by atoms with Crippen molar-refractivity contribution >= 4 is 21.4 Å². The first-order valence-electron chi connectivity index (χ1n) is 4.66. The number of nitrogens with one attached hydrogen (secondary N) is 1. The van der Waals surface area contributed by atoms with Gasteiger partial charge in [-0.05, 0) is 0 Å². The number of nitro benzene ring substituents is 1. The highest BCUT2D eigenvalue weighted by molar-refractivity contribution is 7.92. The Morgan fingerprint density at radius 1 is 1.22 bits per heavy atom. The zero-order valence-electron chi connectivity index (χ0n) is 9.96. The van der Waals surface area contributed by atoms with E-state index in [1.807, 2.05) is 0 Å². The molecule has 0 saturated heterocycles. The molecule has 9 heteroatoms. The molecule has 18 heavy (non-hydrogen) atoms. The fourth-order valence-corrected chi connectivity index (χ4v) is 1.86. The Kier molecular flexibility index (Phi) is 3.96. The molecule has 1 aromatic rings. The van der Waals surface area contributed by atoms with Gasteiger partial charge in [-0.15, -0.1) is 0 Å². The molecule has 0 spiro atoms. The third kappa shape index (κ3) is 3.23. The van der Waals surface area contributed by atoms with Crippen LogP contribution in [0.15, 0.2) is 12.1 Å². The minimum Gasteiger partial charge on any atom is -0.493 e. The van der Waals surface area contributed by atoms with E-state index in [1.54, 1.807) is 0 Å². The minimum absolute atomic E-state index is 0.142. The number of rotatable bonds is 5. The maximum atomic E-state index is 11.1. The van der Waals surface area contributed by atoms with Crippen LogP contribution in [0.5, 0.6) is 11.5 Å². The van der Waals surface area contributed by atoms with Gasteiger partial charge in [0.1, 0.15) is 5.69 Å². The Morgan fingerprint density at radius 2 is 1.72 bits per heavy atom. The Hall–Kier alpha value is -2.03. The van der Waals surface area contributed by atoms with Gasteiger partial charge in [-0.2, -0.15) is 0 Å². The lowest BCUT2D eigenvalue weighted by atomic mass is 10.2. The monoisotopic (exact) mass is 276 g/mol. The second kappa shape index (κ2) is 5.08. The third-order valence-corrected chi connectivity index (χ3v) is 2.58. The van der Waals surface area contributed by atoms with Gasteiger partial charge in [-0.1, -0.05) is 0 Å². The van der Waals surface area contributed by atoms with Crippen LogP contribution in [0.25, 0.3) is 0 Å². The summed E-state index contributed by atoms with van der Waals surface area (Å²) in [5, 5.41) is 10.8. The van der Waals surface area contributed by atoms with E-state index in [2.05, 4.69) is 4.72 Å². The molecule has 0 fully saturated rings. The fraction of sp³-hybridized carbons (Fsp3) is 0.333. The lowest BCUT2D eigenvalue weighted by Gasteiger charge is -2.10. The minimum atomic E-state index is -3.63. The summed E-state index contributed by atoms with van der Waals surface area (Å²) >= 11 is 0. The van der Waals surface area contributed by atoms with Gasteiger partial charge in [0.25, 0.3) is 5.69 Å². The number of sulfonamides is 1. The summed E-state index contributed by atoms with van der Waals surface area (Å²) in [6, 6.07) is 2.28. The van der Waals surface area contributed by atoms with E-state index in [0.717, 1.165) is 12.3 Å². The van der Waals surface area contributed by atoms with E-state index in [1.165, 1.54) is 20.3 Å². The van der Waals surface area contributed by atoms with Gasteiger partial charge < -0.3 is 9.47 Å². The highest BCUT2D eigenvalue weighted by atomic mass is 32.2. The van der Waals surface area contributed by atoms with Gasteiger partial charge in [0.15, 0.2) is 11.5 Å². The quantitative estimate of drug-likeness (QED) is 0.634. The average molecular weight is 276 g/mol. The zero-order chi connectivity index (χ0) is 13.9. The van der Waals surface area contributed by atoms with Crippen LogP contribution in [0.4, 0.5) is 11.4 Å². The Bertz CT molecular complexity index is 569. The van der Waals surface area contributed by atoms with Crippen molar-refractivity contribution < 1.29 is 22.8 Å². The maximum absolute atomic E-state index is 11.1. The molecule has 0 aliphatic rings. The lowest BCUT2D eigenvalue weighted by Crippen LogP contribution is -2.11. The second-order valence-corrected chi connectivity index (χ2v) is 5.10. The number of hydrogen-bond acceptors (Lipinski definition) is 6. The molecule has 100 valence electrons. The van der Waals surface area contributed by atoms with Crippen LogP contribution in [0.2, 0.25) is 0 Å². The Labute approximate surface area is 104 Å². The summed E-state index contributed by atoms with van der Waals surface area (Å²) in [5.41, 5.74) is -0.599. The first kappa shape index (κ1) is 14.0. The maximum Gasteiger partial charge on any atom is 0.297 e. The molecule has 0 bridgehead atoms. The van der Waals surface area contributed by atoms with Crippen molar-refractivity contribution in [2.24, 2.45) is 0 Å². The van der Waals surface area contributed by atoms with E-state index in [4.69, 9.17) is 9.47 Å². The molecule has 0 radical (unpaired) electrons. The van der Waals surface area contributed by atoms with Crippen molar-refractivity contribution in [3.8, 4) is 11.5 Å². The van der Waals surface area contributed by atoms with Crippen LogP contribution < -0.4 is 14.2 Å². The van der Waals surface area contributed by atoms with Crippen LogP contribution >= 0.6 is 0 Å². The van der Waals surface area contributed by atoms with Crippen molar-refractivity contribution in [2.45, 2.75) is 0 Å². The molecule has 0 saturated carbocycles. The number of methoxy groups -OCH3 is 2. The smallest absolute Gasteiger partial charge is 0.297 e. The van der Waals surface area contributed by atoms with E-state index < -0.39 is 20.6 Å². The van der Waals surface area contributed by atoms with Crippen LogP contribution in [0, 0.1) is 10.1 Å². The number of anilines is 1. The van der Waals surface area contributed by atoms with E-state index in [-0.39, 0.29) is 17.2 Å². The SMILES string of the molecule is COc1cc(NS(C)(=O)=O)c([N+](=O)[O-])cc1OC. The van der Waals surface area contributed by atoms with Gasteiger partial charge in [0, 0.05) is 6.07 Å². The van der Waals surface area contributed by atoms with Crippen molar-refractivity contribution in [1.29, 1.82) is 0 Å². The summed E-state index contributed by atoms with van der Waals surface area (Å²) in [4.78, 5) is 10.1. The molecule has 0 aliphatic heterocycles. The molecule has 0 atom stereocenters. The van der Waals surface area contributed by atoms with Crippen LogP contribution in [0.1, 0.15) is 0 Å². The van der Waals surface area contributed by atoms with Crippen LogP contribution in [-0.4, -0.2) is 33.8 Å². The molecule has 0 aromatic heterocycles. The normalized spacial score (nSPS) is 10.8. The van der Waals surface area contributed by atoms with E-state index in [0.29, 0.717) is 0 Å². The third-order valence-electron chi connectivity index (χ3n) is 1.99. The summed E-state index contributed by atoms with van der Waals surface area (Å²) in [6.07, 6.45) is 0.896. The highest BCUT2D eigenvalue weighted by Crippen LogP contribution is 2.37. The molecule has 0 amide bonds. The Morgan fingerprint density at radius 3 is 2.11 bits per heavy atom. The van der Waals surface area contributed by atoms with E-state index >= 15 is 0 Å². The molecule has 1 rings (SSSR count). The first-order chi connectivity index (χ1) is 8.28. The molecule has 1 N–H and O–H groups in total. The summed E-state index contributed by atoms with van der Waals surface area (Å²) in [6.45, 7) is 0. The molecular formula is C9H12N2O6S. The van der Waals surface area contributed by atoms with Crippen molar-refractivity contribution in [1.82, 2.24) is 0 Å². The standard InChI is InChI=1S/C9H12N2O6S/c1-16-8-4-6(10-18(3,14)15)7(11(12)13)5-9(8)17-2/h4-5,10H,1-3H3. The summed E-state index contributed by atoms with van der Waals surface area (Å²) in [5.74, 6) is 0.331. The molecule has 8 nitrogen and oxygen atoms in total. The van der Waals surface area contributed by atoms with Gasteiger partial charge >= 0.3 is 0 Å². The predicted molar refractivity (Wildman–Crippen MR) is 64.7 cm³/mol. The van der Waals surface area contributed by atoms with Gasteiger partial charge in [0.2, 0.25) is 10.0 Å². The van der Waals surface area contributed by atoms with Crippen molar-refractivity contribution in [2.75, 3.05) is 25.2 Å². The molecule has 0 heterocycles. The number of nitro groups is 1. The van der Waals surface area contributed by atoms with Crippen molar-refractivity contribution in [3.05, 3.63) is 22.2 Å². The van der Waals surface area contributed by atoms with Gasteiger partial charge in [0.05, 0.1) is 31.5 Å². The topological polar surface area (TPSA) is 108 Å². The van der Waals surface area contributed by atoms with Crippen molar-refractivity contribution in [3.63, 3.8) is 0 Å². The number of hydrogen-bond donors (Lipinski definition) is 1. The molecule has 1 aromatic carbocycles. The summed E-state index contributed by atoms with van der Waals surface area (Å²) < 4.78 is 34.1. The Balaban J connectivity index is 3.42. The van der Waals surface area contributed by atoms with E-state index in [9.17, 15) is 18.5 Å². The second-order valence-electron chi connectivity index (χ2n) is 3.36. The highest BCUT2D eigenvalue weighted by Gasteiger charge is 2.21. The number of nitrogens with zero attached hydrogens (tertiary/aromatic N) is 1. The lowest BCUT2D eigenvalue weighted by molar-refractivity contribution is -0.384. The van der Waals surface area contributed by atoms with Gasteiger partial charge in [-0.3, -0.25) is 14.8 Å². The molecule has 0 unspecified atom stereocenters. The molecule has 0 aliphatic carbocycles. The zero-order valence-corrected chi connectivity index (χ0v) is 10.8. The van der Waals surface area contributed by atoms with Gasteiger partial charge in [-0.25, -0.2) is 8.42 Å². The van der Waals surface area contributed by atoms with Crippen LogP contribution in [0.3, 0.4) is 0 Å². The number of benzene rings is 1.